The van der Waals surface area contributed by atoms with Crippen LogP contribution in [0.2, 0.25) is 0 Å². The van der Waals surface area contributed by atoms with Gasteiger partial charge in [-0.05, 0) is 54.4 Å². The van der Waals surface area contributed by atoms with Crippen LogP contribution in [0.5, 0.6) is 0 Å². The van der Waals surface area contributed by atoms with Gasteiger partial charge in [0.2, 0.25) is 0 Å². The normalized spacial score (nSPS) is 13.9. The third kappa shape index (κ3) is 9.15. The highest BCUT2D eigenvalue weighted by molar-refractivity contribution is 7.80. The molecule has 0 saturated carbocycles. The lowest BCUT2D eigenvalue weighted by atomic mass is 9.79. The summed E-state index contributed by atoms with van der Waals surface area (Å²) in [5, 5.41) is 0. The lowest BCUT2D eigenvalue weighted by Crippen LogP contribution is -2.33. The third-order valence-electron chi connectivity index (χ3n) is 6.88. The molecule has 0 fully saturated rings. The molecule has 0 heterocycles. The number of unbranched alkanes of at least 4 members (excludes halogenated alkanes) is 9. The van der Waals surface area contributed by atoms with Crippen LogP contribution < -0.4 is 0 Å². The lowest BCUT2D eigenvalue weighted by molar-refractivity contribution is 0.0424. The highest BCUT2D eigenvalue weighted by atomic mass is 32.3. The fourth-order valence-corrected chi connectivity index (χ4v) is 5.78. The molecule has 4 nitrogen and oxygen atoms in total. The zero-order valence-corrected chi connectivity index (χ0v) is 22.2. The molecule has 1 N–H and O–H groups in total. The van der Waals surface area contributed by atoms with Crippen molar-refractivity contribution in [3.63, 3.8) is 0 Å². The van der Waals surface area contributed by atoms with Gasteiger partial charge in [0, 0.05) is 0 Å². The maximum Gasteiger partial charge on any atom is 0.398 e. The molecule has 0 bridgehead atoms. The summed E-state index contributed by atoms with van der Waals surface area (Å²) in [6.07, 6.45) is 16.0. The first-order valence-corrected chi connectivity index (χ1v) is 14.5. The summed E-state index contributed by atoms with van der Waals surface area (Å²) < 4.78 is 38.9. The first kappa shape index (κ1) is 29.1. The molecule has 0 amide bonds. The Hall–Kier alpha value is -0.910. The standard InChI is InChI=1S/C27H48O4S/c1-6-11-12-13-14-15-16-17-18-19-22-27(10-5,31-32(28,29)30)26-21-20-23(7-2)24(8-3)25(26)9-4/h20-21H,6-19,22H2,1-5H3,(H,28,29,30). The quantitative estimate of drug-likeness (QED) is 0.174. The Labute approximate surface area is 198 Å². The predicted octanol–water partition coefficient (Wildman–Crippen LogP) is 8.11. The first-order valence-electron chi connectivity index (χ1n) is 13.1. The molecular weight excluding hydrogens is 420 g/mol. The molecule has 0 aliphatic rings. The van der Waals surface area contributed by atoms with Crippen LogP contribution in [0.1, 0.15) is 134 Å². The third-order valence-corrected chi connectivity index (χ3v) is 7.41. The van der Waals surface area contributed by atoms with Crippen molar-refractivity contribution in [1.82, 2.24) is 0 Å². The summed E-state index contributed by atoms with van der Waals surface area (Å²) >= 11 is 0. The molecular formula is C27H48O4S. The van der Waals surface area contributed by atoms with Crippen molar-refractivity contribution >= 4 is 10.4 Å². The van der Waals surface area contributed by atoms with Crippen LogP contribution in [-0.2, 0) is 39.4 Å². The van der Waals surface area contributed by atoms with E-state index in [9.17, 15) is 13.0 Å². The highest BCUT2D eigenvalue weighted by Gasteiger charge is 2.38. The van der Waals surface area contributed by atoms with Gasteiger partial charge < -0.3 is 0 Å². The molecule has 0 aliphatic carbocycles. The van der Waals surface area contributed by atoms with Gasteiger partial charge in [0.05, 0.1) is 0 Å². The van der Waals surface area contributed by atoms with E-state index in [0.717, 1.165) is 44.1 Å². The fraction of sp³-hybridized carbons (Fsp3) is 0.778. The van der Waals surface area contributed by atoms with Crippen LogP contribution in [0.3, 0.4) is 0 Å². The Morgan fingerprint density at radius 3 is 1.72 bits per heavy atom. The average molecular weight is 469 g/mol. The summed E-state index contributed by atoms with van der Waals surface area (Å²) in [4.78, 5) is 0. The number of rotatable bonds is 18. The second kappa shape index (κ2) is 15.1. The maximum absolute atomic E-state index is 11.9. The predicted molar refractivity (Wildman–Crippen MR) is 136 cm³/mol. The zero-order valence-electron chi connectivity index (χ0n) is 21.3. The molecule has 1 aromatic rings. The van der Waals surface area contributed by atoms with Crippen molar-refractivity contribution in [2.24, 2.45) is 0 Å². The Bertz CT molecular complexity index is 757. The van der Waals surface area contributed by atoms with Crippen LogP contribution >= 0.6 is 0 Å². The van der Waals surface area contributed by atoms with Crippen LogP contribution in [0.15, 0.2) is 12.1 Å². The summed E-state index contributed by atoms with van der Waals surface area (Å²) in [7, 11) is -4.56. The van der Waals surface area contributed by atoms with E-state index < -0.39 is 16.0 Å². The van der Waals surface area contributed by atoms with Gasteiger partial charge in [-0.25, -0.2) is 4.18 Å². The lowest BCUT2D eigenvalue weighted by Gasteiger charge is -2.34. The summed E-state index contributed by atoms with van der Waals surface area (Å²) in [5.41, 5.74) is 3.72. The van der Waals surface area contributed by atoms with Crippen molar-refractivity contribution in [3.8, 4) is 0 Å². The van der Waals surface area contributed by atoms with Crippen LogP contribution in [0.25, 0.3) is 0 Å². The van der Waals surface area contributed by atoms with Gasteiger partial charge in [-0.1, -0.05) is 111 Å². The van der Waals surface area contributed by atoms with Gasteiger partial charge in [0.25, 0.3) is 0 Å². The Morgan fingerprint density at radius 1 is 0.750 bits per heavy atom. The molecule has 0 saturated heterocycles. The smallest absolute Gasteiger partial charge is 0.264 e. The van der Waals surface area contributed by atoms with E-state index in [1.807, 2.05) is 13.0 Å². The second-order valence-electron chi connectivity index (χ2n) is 9.08. The van der Waals surface area contributed by atoms with E-state index in [-0.39, 0.29) is 0 Å². The molecule has 186 valence electrons. The molecule has 5 heteroatoms. The average Bonchev–Trinajstić information content (AvgIpc) is 2.77. The summed E-state index contributed by atoms with van der Waals surface area (Å²) in [5.74, 6) is 0. The molecule has 0 aromatic heterocycles. The number of benzene rings is 1. The van der Waals surface area contributed by atoms with Gasteiger partial charge in [0.1, 0.15) is 5.60 Å². The van der Waals surface area contributed by atoms with E-state index in [1.165, 1.54) is 61.6 Å². The molecule has 0 aliphatic heterocycles. The van der Waals surface area contributed by atoms with Crippen molar-refractivity contribution in [2.75, 3.05) is 0 Å². The van der Waals surface area contributed by atoms with Gasteiger partial charge in [-0.2, -0.15) is 8.42 Å². The minimum Gasteiger partial charge on any atom is -0.264 e. The molecule has 0 spiro atoms. The van der Waals surface area contributed by atoms with Crippen molar-refractivity contribution in [2.45, 2.75) is 137 Å². The van der Waals surface area contributed by atoms with Crippen molar-refractivity contribution < 1.29 is 17.2 Å². The molecule has 1 rings (SSSR count). The minimum absolute atomic E-state index is 0.506. The number of aryl methyl sites for hydroxylation is 1. The SMILES string of the molecule is CCCCCCCCCCCCC(CC)(OS(=O)(=O)O)c1ccc(CC)c(CC)c1CC. The largest absolute Gasteiger partial charge is 0.398 e. The zero-order chi connectivity index (χ0) is 24.0. The second-order valence-corrected chi connectivity index (χ2v) is 10.1. The van der Waals surface area contributed by atoms with E-state index >= 15 is 0 Å². The summed E-state index contributed by atoms with van der Waals surface area (Å²) in [6, 6.07) is 4.16. The van der Waals surface area contributed by atoms with Gasteiger partial charge in [-0.3, -0.25) is 4.55 Å². The van der Waals surface area contributed by atoms with E-state index in [0.29, 0.717) is 12.8 Å². The van der Waals surface area contributed by atoms with E-state index in [2.05, 4.69) is 33.8 Å². The van der Waals surface area contributed by atoms with Crippen LogP contribution in [0.4, 0.5) is 0 Å². The molecule has 0 radical (unpaired) electrons. The first-order chi connectivity index (χ1) is 15.3. The highest BCUT2D eigenvalue weighted by Crippen LogP contribution is 2.40. The van der Waals surface area contributed by atoms with Crippen LogP contribution in [-0.4, -0.2) is 13.0 Å². The maximum atomic E-state index is 11.9. The van der Waals surface area contributed by atoms with Crippen molar-refractivity contribution in [1.29, 1.82) is 0 Å². The fourth-order valence-electron chi connectivity index (χ4n) is 5.09. The number of hydrogen-bond donors (Lipinski definition) is 1. The molecule has 32 heavy (non-hydrogen) atoms. The topological polar surface area (TPSA) is 63.6 Å². The minimum atomic E-state index is -4.56. The van der Waals surface area contributed by atoms with Gasteiger partial charge >= 0.3 is 10.4 Å². The molecule has 1 atom stereocenters. The van der Waals surface area contributed by atoms with E-state index in [1.54, 1.807) is 0 Å². The summed E-state index contributed by atoms with van der Waals surface area (Å²) in [6.45, 7) is 10.6. The monoisotopic (exact) mass is 468 g/mol. The van der Waals surface area contributed by atoms with Gasteiger partial charge in [0.15, 0.2) is 0 Å². The Kier molecular flexibility index (Phi) is 13.7. The molecule has 1 aromatic carbocycles. The molecule has 1 unspecified atom stereocenters. The number of hydrogen-bond acceptors (Lipinski definition) is 3. The Morgan fingerprint density at radius 2 is 1.28 bits per heavy atom. The van der Waals surface area contributed by atoms with E-state index in [4.69, 9.17) is 4.18 Å². The van der Waals surface area contributed by atoms with Crippen LogP contribution in [0, 0.1) is 0 Å². The van der Waals surface area contributed by atoms with Crippen molar-refractivity contribution in [3.05, 3.63) is 34.4 Å². The van der Waals surface area contributed by atoms with Gasteiger partial charge in [-0.15, -0.1) is 0 Å². The Balaban J connectivity index is 2.93.